The van der Waals surface area contributed by atoms with Crippen molar-refractivity contribution in [1.82, 2.24) is 9.78 Å². The second-order valence-electron chi connectivity index (χ2n) is 5.58. The van der Waals surface area contributed by atoms with Gasteiger partial charge in [-0.25, -0.2) is 0 Å². The fourth-order valence-electron chi connectivity index (χ4n) is 3.14. The predicted octanol–water partition coefficient (Wildman–Crippen LogP) is 2.62. The van der Waals surface area contributed by atoms with Crippen molar-refractivity contribution in [1.29, 1.82) is 0 Å². The lowest BCUT2D eigenvalue weighted by molar-refractivity contribution is 0.355. The summed E-state index contributed by atoms with van der Waals surface area (Å²) in [6, 6.07) is 8.81. The molecule has 3 rings (SSSR count). The van der Waals surface area contributed by atoms with E-state index >= 15 is 0 Å². The van der Waals surface area contributed by atoms with E-state index in [0.29, 0.717) is 5.92 Å². The average molecular weight is 255 g/mol. The summed E-state index contributed by atoms with van der Waals surface area (Å²) < 4.78 is 1.87. The molecule has 0 spiro atoms. The molecule has 19 heavy (non-hydrogen) atoms. The zero-order valence-electron chi connectivity index (χ0n) is 11.4. The molecule has 3 heteroatoms. The highest BCUT2D eigenvalue weighted by Crippen LogP contribution is 2.35. The van der Waals surface area contributed by atoms with Gasteiger partial charge in [0.2, 0.25) is 0 Å². The molecule has 1 aromatic heterocycles. The van der Waals surface area contributed by atoms with Crippen molar-refractivity contribution in [3.63, 3.8) is 0 Å². The summed E-state index contributed by atoms with van der Waals surface area (Å²) >= 11 is 0. The van der Waals surface area contributed by atoms with E-state index in [4.69, 9.17) is 5.73 Å². The third kappa shape index (κ3) is 2.56. The molecule has 0 fully saturated rings. The van der Waals surface area contributed by atoms with Crippen molar-refractivity contribution in [2.45, 2.75) is 31.7 Å². The van der Waals surface area contributed by atoms with Crippen molar-refractivity contribution >= 4 is 0 Å². The second kappa shape index (κ2) is 5.17. The Kier molecular flexibility index (Phi) is 3.38. The molecule has 2 unspecified atom stereocenters. The monoisotopic (exact) mass is 255 g/mol. The first-order chi connectivity index (χ1) is 9.24. The van der Waals surface area contributed by atoms with E-state index in [1.54, 1.807) is 0 Å². The number of rotatable bonds is 3. The van der Waals surface area contributed by atoms with Crippen LogP contribution in [-0.4, -0.2) is 9.78 Å². The summed E-state index contributed by atoms with van der Waals surface area (Å²) in [4.78, 5) is 0. The molecule has 2 atom stereocenters. The maximum Gasteiger partial charge on any atom is 0.0521 e. The topological polar surface area (TPSA) is 43.8 Å². The summed E-state index contributed by atoms with van der Waals surface area (Å²) in [6.45, 7) is 0. The maximum atomic E-state index is 6.44. The lowest BCUT2D eigenvalue weighted by Crippen LogP contribution is -2.27. The summed E-state index contributed by atoms with van der Waals surface area (Å²) in [6.07, 6.45) is 8.67. The molecule has 3 nitrogen and oxygen atoms in total. The SMILES string of the molecule is Cn1cc(CCC2CCc3ccccc3C2N)cn1. The Balaban J connectivity index is 1.67. The Morgan fingerprint density at radius 1 is 1.37 bits per heavy atom. The van der Waals surface area contributed by atoms with Crippen LogP contribution < -0.4 is 5.73 Å². The van der Waals surface area contributed by atoms with Crippen molar-refractivity contribution in [2.75, 3.05) is 0 Å². The number of nitrogens with zero attached hydrogens (tertiary/aromatic N) is 2. The number of aromatic nitrogens is 2. The van der Waals surface area contributed by atoms with Crippen LogP contribution in [0, 0.1) is 5.92 Å². The molecular formula is C16H21N3. The first-order valence-electron chi connectivity index (χ1n) is 7.05. The van der Waals surface area contributed by atoms with Gasteiger partial charge in [-0.1, -0.05) is 24.3 Å². The van der Waals surface area contributed by atoms with Crippen LogP contribution in [0.1, 0.15) is 35.6 Å². The second-order valence-corrected chi connectivity index (χ2v) is 5.58. The lowest BCUT2D eigenvalue weighted by atomic mass is 9.78. The van der Waals surface area contributed by atoms with Crippen LogP contribution in [0.3, 0.4) is 0 Å². The van der Waals surface area contributed by atoms with Crippen LogP contribution >= 0.6 is 0 Å². The third-order valence-electron chi connectivity index (χ3n) is 4.27. The van der Waals surface area contributed by atoms with Gasteiger partial charge in [0.1, 0.15) is 0 Å². The van der Waals surface area contributed by atoms with Gasteiger partial charge in [-0.3, -0.25) is 4.68 Å². The number of fused-ring (bicyclic) bond motifs is 1. The Hall–Kier alpha value is -1.61. The first kappa shape index (κ1) is 12.4. The molecule has 1 aliphatic rings. The van der Waals surface area contributed by atoms with Gasteiger partial charge in [0.05, 0.1) is 6.20 Å². The van der Waals surface area contributed by atoms with Gasteiger partial charge >= 0.3 is 0 Å². The van der Waals surface area contributed by atoms with Crippen molar-refractivity contribution in [3.8, 4) is 0 Å². The van der Waals surface area contributed by atoms with E-state index in [2.05, 4.69) is 35.6 Å². The molecule has 0 radical (unpaired) electrons. The van der Waals surface area contributed by atoms with Gasteiger partial charge in [0.25, 0.3) is 0 Å². The molecular weight excluding hydrogens is 234 g/mol. The fourth-order valence-corrected chi connectivity index (χ4v) is 3.14. The zero-order valence-corrected chi connectivity index (χ0v) is 11.4. The summed E-state index contributed by atoms with van der Waals surface area (Å²) in [5, 5.41) is 4.22. The Labute approximate surface area is 114 Å². The minimum absolute atomic E-state index is 0.196. The minimum Gasteiger partial charge on any atom is -0.324 e. The standard InChI is InChI=1S/C16H21N3/c1-19-11-12(10-18-19)6-7-14-9-8-13-4-2-3-5-15(13)16(14)17/h2-5,10-11,14,16H,6-9,17H2,1H3. The summed E-state index contributed by atoms with van der Waals surface area (Å²) in [5.74, 6) is 0.593. The Bertz CT molecular complexity index is 559. The number of nitrogens with two attached hydrogens (primary N) is 1. The van der Waals surface area contributed by atoms with Crippen LogP contribution in [0.4, 0.5) is 0 Å². The number of hydrogen-bond acceptors (Lipinski definition) is 2. The summed E-state index contributed by atoms with van der Waals surface area (Å²) in [7, 11) is 1.96. The van der Waals surface area contributed by atoms with Crippen LogP contribution in [0.2, 0.25) is 0 Å². The van der Waals surface area contributed by atoms with Gasteiger partial charge < -0.3 is 5.73 Å². The van der Waals surface area contributed by atoms with Crippen LogP contribution in [0.15, 0.2) is 36.7 Å². The Morgan fingerprint density at radius 2 is 2.21 bits per heavy atom. The molecule has 0 saturated carbocycles. The molecule has 2 aromatic rings. The molecule has 0 aliphatic heterocycles. The van der Waals surface area contributed by atoms with Gasteiger partial charge in [-0.05, 0) is 48.3 Å². The number of benzene rings is 1. The number of aryl methyl sites for hydroxylation is 3. The highest BCUT2D eigenvalue weighted by Gasteiger charge is 2.25. The molecule has 1 aromatic carbocycles. The minimum atomic E-state index is 0.196. The third-order valence-corrected chi connectivity index (χ3v) is 4.27. The van der Waals surface area contributed by atoms with E-state index in [1.165, 1.54) is 29.5 Å². The quantitative estimate of drug-likeness (QED) is 0.916. The van der Waals surface area contributed by atoms with E-state index in [9.17, 15) is 0 Å². The fraction of sp³-hybridized carbons (Fsp3) is 0.438. The zero-order chi connectivity index (χ0) is 13.2. The largest absolute Gasteiger partial charge is 0.324 e. The smallest absolute Gasteiger partial charge is 0.0521 e. The lowest BCUT2D eigenvalue weighted by Gasteiger charge is -2.31. The van der Waals surface area contributed by atoms with Gasteiger partial charge in [0.15, 0.2) is 0 Å². The molecule has 2 N–H and O–H groups in total. The molecule has 1 aliphatic carbocycles. The molecule has 0 saturated heterocycles. The summed E-state index contributed by atoms with van der Waals surface area (Å²) in [5.41, 5.74) is 10.5. The van der Waals surface area contributed by atoms with Gasteiger partial charge in [-0.15, -0.1) is 0 Å². The Morgan fingerprint density at radius 3 is 3.00 bits per heavy atom. The van der Waals surface area contributed by atoms with E-state index < -0.39 is 0 Å². The average Bonchev–Trinajstić information content (AvgIpc) is 2.84. The first-order valence-corrected chi connectivity index (χ1v) is 7.05. The van der Waals surface area contributed by atoms with Crippen molar-refractivity contribution < 1.29 is 0 Å². The van der Waals surface area contributed by atoms with Crippen molar-refractivity contribution in [2.24, 2.45) is 18.7 Å². The van der Waals surface area contributed by atoms with E-state index in [0.717, 1.165) is 12.8 Å². The van der Waals surface area contributed by atoms with Crippen LogP contribution in [0.25, 0.3) is 0 Å². The highest BCUT2D eigenvalue weighted by molar-refractivity contribution is 5.32. The predicted molar refractivity (Wildman–Crippen MR) is 76.7 cm³/mol. The van der Waals surface area contributed by atoms with Crippen molar-refractivity contribution in [3.05, 3.63) is 53.3 Å². The normalized spacial score (nSPS) is 22.2. The number of hydrogen-bond donors (Lipinski definition) is 1. The molecule has 1 heterocycles. The highest BCUT2D eigenvalue weighted by atomic mass is 15.2. The van der Waals surface area contributed by atoms with E-state index in [-0.39, 0.29) is 6.04 Å². The maximum absolute atomic E-state index is 6.44. The molecule has 0 amide bonds. The van der Waals surface area contributed by atoms with Gasteiger partial charge in [-0.2, -0.15) is 5.10 Å². The van der Waals surface area contributed by atoms with E-state index in [1.807, 2.05) is 17.9 Å². The van der Waals surface area contributed by atoms with Crippen LogP contribution in [0.5, 0.6) is 0 Å². The van der Waals surface area contributed by atoms with Crippen LogP contribution in [-0.2, 0) is 19.9 Å². The van der Waals surface area contributed by atoms with Gasteiger partial charge in [0, 0.05) is 19.3 Å². The molecule has 0 bridgehead atoms. The molecule has 100 valence electrons.